The second kappa shape index (κ2) is 7.00. The highest BCUT2D eigenvalue weighted by Gasteiger charge is 2.36. The Balaban J connectivity index is 1.65. The van der Waals surface area contributed by atoms with E-state index in [1.54, 1.807) is 24.2 Å². The van der Waals surface area contributed by atoms with Crippen LogP contribution in [0.3, 0.4) is 0 Å². The fourth-order valence-corrected chi connectivity index (χ4v) is 3.68. The van der Waals surface area contributed by atoms with Crippen LogP contribution in [0.15, 0.2) is 42.7 Å². The van der Waals surface area contributed by atoms with E-state index in [4.69, 9.17) is 4.74 Å². The molecule has 7 heteroatoms. The van der Waals surface area contributed by atoms with Crippen molar-refractivity contribution in [3.8, 4) is 5.75 Å². The predicted molar refractivity (Wildman–Crippen MR) is 100 cm³/mol. The third-order valence-electron chi connectivity index (χ3n) is 5.21. The van der Waals surface area contributed by atoms with Gasteiger partial charge < -0.3 is 15.2 Å². The van der Waals surface area contributed by atoms with Gasteiger partial charge in [-0.15, -0.1) is 0 Å². The number of para-hydroxylation sites is 1. The van der Waals surface area contributed by atoms with E-state index in [-0.39, 0.29) is 24.0 Å². The molecule has 1 aromatic carbocycles. The first kappa shape index (κ1) is 17.5. The van der Waals surface area contributed by atoms with Gasteiger partial charge in [0.15, 0.2) is 5.69 Å². The molecule has 7 nitrogen and oxygen atoms in total. The van der Waals surface area contributed by atoms with Gasteiger partial charge in [0.1, 0.15) is 5.75 Å². The van der Waals surface area contributed by atoms with Crippen molar-refractivity contribution in [1.29, 1.82) is 0 Å². The second-order valence-electron chi connectivity index (χ2n) is 6.98. The minimum Gasteiger partial charge on any atom is -0.495 e. The molecule has 4 rings (SSSR count). The highest BCUT2D eigenvalue weighted by molar-refractivity contribution is 6.05. The van der Waals surface area contributed by atoms with Crippen molar-refractivity contribution in [3.05, 3.63) is 54.0 Å². The summed E-state index contributed by atoms with van der Waals surface area (Å²) in [5.41, 5.74) is 2.16. The van der Waals surface area contributed by atoms with Crippen molar-refractivity contribution in [2.24, 2.45) is 13.0 Å². The van der Waals surface area contributed by atoms with Crippen molar-refractivity contribution in [2.75, 3.05) is 7.11 Å². The summed E-state index contributed by atoms with van der Waals surface area (Å²) in [7, 11) is 3.41. The Labute approximate surface area is 157 Å². The summed E-state index contributed by atoms with van der Waals surface area (Å²) in [5.74, 6) is 0.545. The molecule has 1 atom stereocenters. The summed E-state index contributed by atoms with van der Waals surface area (Å²) >= 11 is 0. The molecule has 1 amide bonds. The summed E-state index contributed by atoms with van der Waals surface area (Å²) in [6.45, 7) is 0. The zero-order valence-corrected chi connectivity index (χ0v) is 15.3. The minimum atomic E-state index is -0.316. The number of fused-ring (bicyclic) bond motifs is 1. The minimum absolute atomic E-state index is 0.146. The summed E-state index contributed by atoms with van der Waals surface area (Å²) in [6.07, 6.45) is 4.33. The first-order chi connectivity index (χ1) is 13.1. The Kier molecular flexibility index (Phi) is 4.53. The lowest BCUT2D eigenvalue weighted by molar-refractivity contribution is 0.0234. The van der Waals surface area contributed by atoms with Gasteiger partial charge in [0, 0.05) is 18.6 Å². The van der Waals surface area contributed by atoms with E-state index in [1.807, 2.05) is 37.4 Å². The van der Waals surface area contributed by atoms with Crippen LogP contribution in [0, 0.1) is 5.92 Å². The van der Waals surface area contributed by atoms with E-state index >= 15 is 0 Å². The van der Waals surface area contributed by atoms with E-state index in [0.29, 0.717) is 24.3 Å². The zero-order valence-electron chi connectivity index (χ0n) is 15.3. The molecular weight excluding hydrogens is 344 g/mol. The number of aryl methyl sites for hydroxylation is 1. The van der Waals surface area contributed by atoms with Crippen molar-refractivity contribution in [3.63, 3.8) is 0 Å². The maximum absolute atomic E-state index is 13.0. The van der Waals surface area contributed by atoms with Gasteiger partial charge >= 0.3 is 0 Å². The number of hydrogen-bond donors (Lipinski definition) is 2. The molecule has 0 bridgehead atoms. The number of methoxy groups -OCH3 is 1. The number of rotatable bonds is 5. The van der Waals surface area contributed by atoms with Crippen LogP contribution in [0.2, 0.25) is 0 Å². The number of nitrogens with zero attached hydrogens (tertiary/aromatic N) is 3. The highest BCUT2D eigenvalue weighted by atomic mass is 16.5. The van der Waals surface area contributed by atoms with Crippen LogP contribution in [-0.2, 0) is 7.05 Å². The van der Waals surface area contributed by atoms with Gasteiger partial charge in [0.2, 0.25) is 0 Å². The van der Waals surface area contributed by atoms with Gasteiger partial charge in [-0.25, -0.2) is 0 Å². The Bertz CT molecular complexity index is 978. The quantitative estimate of drug-likeness (QED) is 0.723. The number of aliphatic hydroxyl groups excluding tert-OH is 1. The number of hydrogen-bond acceptors (Lipinski definition) is 5. The van der Waals surface area contributed by atoms with Crippen molar-refractivity contribution in [2.45, 2.75) is 25.0 Å². The molecular formula is C20H22N4O3. The van der Waals surface area contributed by atoms with Crippen molar-refractivity contribution >= 4 is 16.8 Å². The van der Waals surface area contributed by atoms with Gasteiger partial charge in [-0.2, -0.15) is 5.10 Å². The summed E-state index contributed by atoms with van der Waals surface area (Å²) in [5, 5.41) is 18.1. The van der Waals surface area contributed by atoms with Crippen LogP contribution in [0.5, 0.6) is 5.75 Å². The monoisotopic (exact) mass is 366 g/mol. The largest absolute Gasteiger partial charge is 0.495 e. The summed E-state index contributed by atoms with van der Waals surface area (Å²) in [6, 6.07) is 9.26. The first-order valence-corrected chi connectivity index (χ1v) is 8.96. The Morgan fingerprint density at radius 2 is 2.11 bits per heavy atom. The van der Waals surface area contributed by atoms with Crippen LogP contribution < -0.4 is 10.1 Å². The number of benzene rings is 1. The molecule has 0 saturated heterocycles. The molecule has 2 N–H and O–H groups in total. The first-order valence-electron chi connectivity index (χ1n) is 8.96. The molecule has 1 fully saturated rings. The van der Waals surface area contributed by atoms with E-state index < -0.39 is 0 Å². The lowest BCUT2D eigenvalue weighted by Crippen LogP contribution is -2.41. The number of carbonyl (C=O) groups excluding carboxylic acids is 1. The third-order valence-corrected chi connectivity index (χ3v) is 5.21. The molecule has 27 heavy (non-hydrogen) atoms. The average molecular weight is 366 g/mol. The van der Waals surface area contributed by atoms with Crippen LogP contribution >= 0.6 is 0 Å². The molecule has 0 radical (unpaired) electrons. The molecule has 0 unspecified atom stereocenters. The standard InChI is InChI=1S/C20H22N4O3/c1-24-17-6-4-3-5-16(17)19(23-24)20(26)22-18(12-7-14(25)8-12)13-9-15(27-2)11-21-10-13/h3-6,9-12,14,18,25H,7-8H2,1-2H3,(H,22,26)/t12?,14?,18-/m1/s1. The second-order valence-corrected chi connectivity index (χ2v) is 6.98. The Morgan fingerprint density at radius 1 is 1.33 bits per heavy atom. The lowest BCUT2D eigenvalue weighted by Gasteiger charge is -2.38. The molecule has 1 aliphatic rings. The van der Waals surface area contributed by atoms with Crippen LogP contribution in [0.1, 0.15) is 34.9 Å². The normalized spacial score (nSPS) is 20.1. The van der Waals surface area contributed by atoms with Gasteiger partial charge in [-0.3, -0.25) is 14.5 Å². The number of aliphatic hydroxyl groups is 1. The molecule has 2 aromatic heterocycles. The fraction of sp³-hybridized carbons (Fsp3) is 0.350. The SMILES string of the molecule is COc1cncc([C@H](NC(=O)c2nn(C)c3ccccc23)C2CC(O)C2)c1. The van der Waals surface area contributed by atoms with Crippen molar-refractivity contribution < 1.29 is 14.6 Å². The third kappa shape index (κ3) is 3.26. The van der Waals surface area contributed by atoms with E-state index in [2.05, 4.69) is 15.4 Å². The molecule has 3 aromatic rings. The fourth-order valence-electron chi connectivity index (χ4n) is 3.68. The molecule has 1 saturated carbocycles. The van der Waals surface area contributed by atoms with Crippen LogP contribution in [0.25, 0.3) is 10.9 Å². The lowest BCUT2D eigenvalue weighted by atomic mass is 9.75. The van der Waals surface area contributed by atoms with Gasteiger partial charge in [0.05, 0.1) is 31.0 Å². The number of aromatic nitrogens is 3. The summed E-state index contributed by atoms with van der Waals surface area (Å²) < 4.78 is 6.98. The number of amides is 1. The van der Waals surface area contributed by atoms with E-state index in [0.717, 1.165) is 16.5 Å². The van der Waals surface area contributed by atoms with Gasteiger partial charge in [-0.1, -0.05) is 18.2 Å². The summed E-state index contributed by atoms with van der Waals surface area (Å²) in [4.78, 5) is 17.2. The van der Waals surface area contributed by atoms with Gasteiger partial charge in [0.25, 0.3) is 5.91 Å². The number of pyridine rings is 1. The van der Waals surface area contributed by atoms with Crippen LogP contribution in [0.4, 0.5) is 0 Å². The molecule has 0 aliphatic heterocycles. The maximum atomic E-state index is 13.0. The van der Waals surface area contributed by atoms with E-state index in [1.165, 1.54) is 0 Å². The van der Waals surface area contributed by atoms with Crippen LogP contribution in [-0.4, -0.2) is 39.0 Å². The molecule has 1 aliphatic carbocycles. The smallest absolute Gasteiger partial charge is 0.272 e. The van der Waals surface area contributed by atoms with Crippen molar-refractivity contribution in [1.82, 2.24) is 20.1 Å². The van der Waals surface area contributed by atoms with E-state index in [9.17, 15) is 9.90 Å². The number of nitrogens with one attached hydrogen (secondary N) is 1. The molecule has 140 valence electrons. The maximum Gasteiger partial charge on any atom is 0.272 e. The average Bonchev–Trinajstić information content (AvgIpc) is 3.01. The van der Waals surface area contributed by atoms with Gasteiger partial charge in [-0.05, 0) is 36.5 Å². The Hall–Kier alpha value is -2.93. The topological polar surface area (TPSA) is 89.3 Å². The number of ether oxygens (including phenoxy) is 1. The highest BCUT2D eigenvalue weighted by Crippen LogP contribution is 2.38. The number of carbonyl (C=O) groups is 1. The zero-order chi connectivity index (χ0) is 19.0. The predicted octanol–water partition coefficient (Wildman–Crippen LogP) is 2.22. The Morgan fingerprint density at radius 3 is 2.85 bits per heavy atom. The molecule has 2 heterocycles. The molecule has 0 spiro atoms.